The summed E-state index contributed by atoms with van der Waals surface area (Å²) in [5.74, 6) is -1.55. The highest BCUT2D eigenvalue weighted by Gasteiger charge is 2.45. The third kappa shape index (κ3) is 4.22. The number of aromatic nitrogens is 2. The van der Waals surface area contributed by atoms with Crippen molar-refractivity contribution >= 4 is 22.8 Å². The lowest BCUT2D eigenvalue weighted by molar-refractivity contribution is -0.172. The van der Waals surface area contributed by atoms with Crippen molar-refractivity contribution in [3.05, 3.63) is 61.7 Å². The molecule has 0 aliphatic carbocycles. The Balaban J connectivity index is 1.67. The van der Waals surface area contributed by atoms with Gasteiger partial charge in [0.15, 0.2) is 5.60 Å². The smallest absolute Gasteiger partial charge is 0.343 e. The van der Waals surface area contributed by atoms with Crippen molar-refractivity contribution in [3.8, 4) is 11.4 Å². The fourth-order valence-corrected chi connectivity index (χ4v) is 5.58. The maximum atomic E-state index is 15.1. The molecule has 0 saturated carbocycles. The van der Waals surface area contributed by atoms with E-state index in [2.05, 4.69) is 5.32 Å². The van der Waals surface area contributed by atoms with Crippen LogP contribution in [0.25, 0.3) is 22.3 Å². The number of fused-ring (bicyclic) bond motifs is 5. The molecule has 9 nitrogen and oxygen atoms in total. The van der Waals surface area contributed by atoms with Crippen LogP contribution in [0, 0.1) is 12.7 Å². The Morgan fingerprint density at radius 2 is 2.00 bits per heavy atom. The minimum Gasteiger partial charge on any atom is -0.458 e. The number of amides is 1. The highest BCUT2D eigenvalue weighted by atomic mass is 19.1. The summed E-state index contributed by atoms with van der Waals surface area (Å²) in [6.45, 7) is 9.00. The molecule has 1 atom stereocenters. The Bertz CT molecular complexity index is 1590. The molecule has 0 saturated heterocycles. The average Bonchev–Trinajstić information content (AvgIpc) is 3.27. The van der Waals surface area contributed by atoms with Gasteiger partial charge in [-0.3, -0.25) is 9.59 Å². The summed E-state index contributed by atoms with van der Waals surface area (Å²) in [6, 6.07) is 3.02. The van der Waals surface area contributed by atoms with Crippen molar-refractivity contribution in [1.29, 1.82) is 0 Å². The van der Waals surface area contributed by atoms with Crippen LogP contribution in [0.15, 0.2) is 16.9 Å². The number of aliphatic hydroxyl groups is 1. The largest absolute Gasteiger partial charge is 0.458 e. The standard InChI is InChI=1S/C29H32FN3O6/c1-6-16-18-11-33-23(8-20-19(27(33)35)12-39-28(36)29(20,37)7-2)26(18)32-22-9-21(30)15(5)17(25(16)22)10-31-24(34)13-38-14(3)4/h8-9,14,37H,6-7,10-13H2,1-5H3,(H,31,34)/t29-/m0/s1. The first kappa shape index (κ1) is 27.0. The first-order valence-electron chi connectivity index (χ1n) is 13.2. The van der Waals surface area contributed by atoms with Crippen molar-refractivity contribution in [3.63, 3.8) is 0 Å². The first-order chi connectivity index (χ1) is 18.5. The average molecular weight is 538 g/mol. The summed E-state index contributed by atoms with van der Waals surface area (Å²) in [4.78, 5) is 43.2. The van der Waals surface area contributed by atoms with Crippen LogP contribution in [0.4, 0.5) is 4.39 Å². The van der Waals surface area contributed by atoms with Crippen molar-refractivity contribution in [1.82, 2.24) is 14.9 Å². The van der Waals surface area contributed by atoms with Gasteiger partial charge in [0, 0.05) is 29.1 Å². The van der Waals surface area contributed by atoms with E-state index in [0.29, 0.717) is 34.5 Å². The molecule has 2 aromatic heterocycles. The lowest BCUT2D eigenvalue weighted by Crippen LogP contribution is -2.44. The van der Waals surface area contributed by atoms with Crippen LogP contribution in [-0.2, 0) is 50.8 Å². The Morgan fingerprint density at radius 1 is 1.26 bits per heavy atom. The maximum Gasteiger partial charge on any atom is 0.343 e. The molecule has 2 aliphatic rings. The predicted octanol–water partition coefficient (Wildman–Crippen LogP) is 3.13. The molecule has 5 rings (SSSR count). The Morgan fingerprint density at radius 3 is 2.67 bits per heavy atom. The molecule has 0 fully saturated rings. The summed E-state index contributed by atoms with van der Waals surface area (Å²) in [6.07, 6.45) is 0.522. The molecule has 4 heterocycles. The molecule has 2 N–H and O–H groups in total. The molecule has 0 unspecified atom stereocenters. The summed E-state index contributed by atoms with van der Waals surface area (Å²) in [5.41, 5.74) is 2.33. The topological polar surface area (TPSA) is 120 Å². The lowest BCUT2D eigenvalue weighted by Gasteiger charge is -2.31. The molecule has 10 heteroatoms. The van der Waals surface area contributed by atoms with Gasteiger partial charge >= 0.3 is 5.97 Å². The number of halogens is 1. The van der Waals surface area contributed by atoms with Gasteiger partial charge in [-0.1, -0.05) is 13.8 Å². The Kier molecular flexibility index (Phi) is 6.80. The molecule has 206 valence electrons. The van der Waals surface area contributed by atoms with Gasteiger partial charge in [0.1, 0.15) is 19.0 Å². The number of aryl methyl sites for hydroxylation is 1. The van der Waals surface area contributed by atoms with E-state index in [1.807, 2.05) is 20.8 Å². The van der Waals surface area contributed by atoms with E-state index >= 15 is 4.39 Å². The Hall–Kier alpha value is -3.63. The molecule has 0 spiro atoms. The van der Waals surface area contributed by atoms with E-state index < -0.39 is 17.4 Å². The number of cyclic esters (lactones) is 1. The van der Waals surface area contributed by atoms with Gasteiger partial charge in [-0.15, -0.1) is 0 Å². The van der Waals surface area contributed by atoms with Gasteiger partial charge in [0.25, 0.3) is 5.56 Å². The van der Waals surface area contributed by atoms with E-state index in [1.165, 1.54) is 6.07 Å². The summed E-state index contributed by atoms with van der Waals surface area (Å²) in [5, 5.41) is 14.7. The molecule has 1 aromatic carbocycles. The summed E-state index contributed by atoms with van der Waals surface area (Å²) in [7, 11) is 0. The number of ether oxygens (including phenoxy) is 2. The normalized spacial score (nSPS) is 17.7. The molecule has 39 heavy (non-hydrogen) atoms. The quantitative estimate of drug-likeness (QED) is 0.348. The molecule has 2 aliphatic heterocycles. The molecular weight excluding hydrogens is 505 g/mol. The van der Waals surface area contributed by atoms with Crippen molar-refractivity contribution in [2.24, 2.45) is 0 Å². The van der Waals surface area contributed by atoms with Gasteiger partial charge in [0.05, 0.1) is 35.1 Å². The highest BCUT2D eigenvalue weighted by molar-refractivity contribution is 5.92. The van der Waals surface area contributed by atoms with Gasteiger partial charge in [-0.05, 0) is 56.4 Å². The number of hydrogen-bond acceptors (Lipinski definition) is 7. The lowest BCUT2D eigenvalue weighted by atomic mass is 9.86. The fourth-order valence-electron chi connectivity index (χ4n) is 5.58. The third-order valence-electron chi connectivity index (χ3n) is 7.78. The van der Waals surface area contributed by atoms with E-state index in [-0.39, 0.29) is 61.4 Å². The van der Waals surface area contributed by atoms with Crippen molar-refractivity contribution in [2.75, 3.05) is 6.61 Å². The summed E-state index contributed by atoms with van der Waals surface area (Å²) < 4.78 is 27.2. The van der Waals surface area contributed by atoms with Crippen LogP contribution in [0.3, 0.4) is 0 Å². The summed E-state index contributed by atoms with van der Waals surface area (Å²) >= 11 is 0. The monoisotopic (exact) mass is 537 g/mol. The number of nitrogens with one attached hydrogen (secondary N) is 1. The van der Waals surface area contributed by atoms with E-state index in [4.69, 9.17) is 14.5 Å². The van der Waals surface area contributed by atoms with Gasteiger partial charge in [-0.2, -0.15) is 0 Å². The van der Waals surface area contributed by atoms with Crippen LogP contribution in [-0.4, -0.2) is 39.2 Å². The van der Waals surface area contributed by atoms with Crippen molar-refractivity contribution in [2.45, 2.75) is 78.9 Å². The third-order valence-corrected chi connectivity index (χ3v) is 7.78. The number of carbonyl (C=O) groups is 2. The minimum atomic E-state index is -1.93. The number of rotatable bonds is 7. The number of esters is 1. The number of hydrogen-bond donors (Lipinski definition) is 2. The Labute approximate surface area is 225 Å². The number of pyridine rings is 2. The van der Waals surface area contributed by atoms with Crippen LogP contribution in [0.1, 0.15) is 67.5 Å². The number of nitrogens with zero attached hydrogens (tertiary/aromatic N) is 2. The fraction of sp³-hybridized carbons (Fsp3) is 0.448. The van der Waals surface area contributed by atoms with Gasteiger partial charge in [-0.25, -0.2) is 14.2 Å². The molecular formula is C29H32FN3O6. The minimum absolute atomic E-state index is 0.0434. The number of carbonyl (C=O) groups excluding carboxylic acids is 2. The second kappa shape index (κ2) is 9.84. The molecule has 0 bridgehead atoms. The van der Waals surface area contributed by atoms with Gasteiger partial charge in [0.2, 0.25) is 5.91 Å². The zero-order chi connectivity index (χ0) is 28.2. The van der Waals surface area contributed by atoms with Gasteiger partial charge < -0.3 is 24.5 Å². The van der Waals surface area contributed by atoms with Crippen LogP contribution in [0.5, 0.6) is 0 Å². The van der Waals surface area contributed by atoms with Crippen LogP contribution in [0.2, 0.25) is 0 Å². The predicted molar refractivity (Wildman–Crippen MR) is 142 cm³/mol. The molecule has 0 radical (unpaired) electrons. The SMILES string of the molecule is CCc1c2c(nc3cc(F)c(C)c(CNC(=O)COC(C)C)c13)-c1cc3c(c(=O)n1C2)COC(=O)[C@]3(O)CC. The van der Waals surface area contributed by atoms with E-state index in [0.717, 1.165) is 16.5 Å². The zero-order valence-electron chi connectivity index (χ0n) is 22.7. The van der Waals surface area contributed by atoms with Crippen molar-refractivity contribution < 1.29 is 28.6 Å². The molecule has 1 amide bonds. The second-order valence-electron chi connectivity index (χ2n) is 10.4. The highest BCUT2D eigenvalue weighted by Crippen LogP contribution is 2.41. The van der Waals surface area contributed by atoms with E-state index in [9.17, 15) is 19.5 Å². The maximum absolute atomic E-state index is 15.1. The first-order valence-corrected chi connectivity index (χ1v) is 13.2. The molecule has 3 aromatic rings. The van der Waals surface area contributed by atoms with Crippen LogP contribution >= 0.6 is 0 Å². The van der Waals surface area contributed by atoms with Crippen LogP contribution < -0.4 is 10.9 Å². The second-order valence-corrected chi connectivity index (χ2v) is 10.4. The van der Waals surface area contributed by atoms with E-state index in [1.54, 1.807) is 24.5 Å². The number of benzene rings is 1. The zero-order valence-corrected chi connectivity index (χ0v) is 22.7.